The molecule has 0 aromatic carbocycles. The molecule has 1 atom stereocenters. The van der Waals surface area contributed by atoms with Gasteiger partial charge in [0.1, 0.15) is 0 Å². The average molecular weight is 289 g/mol. The van der Waals surface area contributed by atoms with E-state index in [-0.39, 0.29) is 29.9 Å². The first-order chi connectivity index (χ1) is 8.20. The van der Waals surface area contributed by atoms with Crippen LogP contribution in [0.4, 0.5) is 0 Å². The maximum Gasteiger partial charge on any atom is 0.257 e. The number of nitrogens with zero attached hydrogens (tertiary/aromatic N) is 3. The second-order valence-electron chi connectivity index (χ2n) is 5.73. The molecule has 0 fully saturated rings. The van der Waals surface area contributed by atoms with Gasteiger partial charge in [-0.25, -0.2) is 0 Å². The Labute approximate surface area is 121 Å². The molecule has 1 rings (SSSR count). The standard InChI is InChI=1S/C13H24N4O.ClH/c1-9(7-14)16(6)12(18)11-8-15-17(10(11)2)13(3,4)5;/h8-9H,7,14H2,1-6H3;1H. The van der Waals surface area contributed by atoms with Crippen LogP contribution in [0.3, 0.4) is 0 Å². The molecule has 1 unspecified atom stereocenters. The molecule has 0 bridgehead atoms. The van der Waals surface area contributed by atoms with Crippen LogP contribution in [-0.4, -0.2) is 40.2 Å². The van der Waals surface area contributed by atoms with Crippen molar-refractivity contribution in [3.63, 3.8) is 0 Å². The minimum atomic E-state index is -0.124. The molecule has 0 aliphatic carbocycles. The van der Waals surface area contributed by atoms with E-state index >= 15 is 0 Å². The van der Waals surface area contributed by atoms with E-state index in [9.17, 15) is 4.79 Å². The summed E-state index contributed by atoms with van der Waals surface area (Å²) < 4.78 is 1.88. The predicted molar refractivity (Wildman–Crippen MR) is 79.8 cm³/mol. The number of amides is 1. The van der Waals surface area contributed by atoms with Crippen LogP contribution >= 0.6 is 12.4 Å². The summed E-state index contributed by atoms with van der Waals surface area (Å²) in [5.74, 6) is -0.0269. The largest absolute Gasteiger partial charge is 0.338 e. The SMILES string of the molecule is Cc1c(C(=O)N(C)C(C)CN)cnn1C(C)(C)C.Cl. The van der Waals surface area contributed by atoms with E-state index in [1.54, 1.807) is 18.1 Å². The van der Waals surface area contributed by atoms with E-state index in [1.165, 1.54) is 0 Å². The monoisotopic (exact) mass is 288 g/mol. The Morgan fingerprint density at radius 1 is 1.53 bits per heavy atom. The van der Waals surface area contributed by atoms with Crippen LogP contribution in [0.5, 0.6) is 0 Å². The first kappa shape index (κ1) is 17.9. The molecule has 5 nitrogen and oxygen atoms in total. The summed E-state index contributed by atoms with van der Waals surface area (Å²) in [5.41, 5.74) is 7.00. The van der Waals surface area contributed by atoms with E-state index in [4.69, 9.17) is 5.73 Å². The zero-order valence-corrected chi connectivity index (χ0v) is 13.4. The summed E-state index contributed by atoms with van der Waals surface area (Å²) >= 11 is 0. The molecule has 19 heavy (non-hydrogen) atoms. The van der Waals surface area contributed by atoms with Crippen LogP contribution < -0.4 is 5.73 Å². The van der Waals surface area contributed by atoms with Gasteiger partial charge in [-0.05, 0) is 34.6 Å². The quantitative estimate of drug-likeness (QED) is 0.922. The van der Waals surface area contributed by atoms with Crippen molar-refractivity contribution in [1.82, 2.24) is 14.7 Å². The highest BCUT2D eigenvalue weighted by Gasteiger charge is 2.24. The molecule has 0 saturated heterocycles. The van der Waals surface area contributed by atoms with Gasteiger partial charge in [-0.1, -0.05) is 0 Å². The summed E-state index contributed by atoms with van der Waals surface area (Å²) in [7, 11) is 1.77. The van der Waals surface area contributed by atoms with Gasteiger partial charge < -0.3 is 10.6 Å². The number of carbonyl (C=O) groups excluding carboxylic acids is 1. The topological polar surface area (TPSA) is 64.2 Å². The van der Waals surface area contributed by atoms with E-state index in [0.29, 0.717) is 12.1 Å². The Morgan fingerprint density at radius 3 is 2.42 bits per heavy atom. The summed E-state index contributed by atoms with van der Waals surface area (Å²) in [6.45, 7) is 10.5. The van der Waals surface area contributed by atoms with Crippen LogP contribution in [0.1, 0.15) is 43.7 Å². The lowest BCUT2D eigenvalue weighted by Crippen LogP contribution is -2.40. The van der Waals surface area contributed by atoms with Crippen molar-refractivity contribution in [2.24, 2.45) is 5.73 Å². The van der Waals surface area contributed by atoms with E-state index in [1.807, 2.05) is 18.5 Å². The molecule has 110 valence electrons. The molecule has 6 heteroatoms. The third-order valence-corrected chi connectivity index (χ3v) is 3.20. The first-order valence-electron chi connectivity index (χ1n) is 6.22. The zero-order chi connectivity index (χ0) is 14.1. The lowest BCUT2D eigenvalue weighted by atomic mass is 10.1. The smallest absolute Gasteiger partial charge is 0.257 e. The van der Waals surface area contributed by atoms with Gasteiger partial charge >= 0.3 is 0 Å². The van der Waals surface area contributed by atoms with Crippen molar-refractivity contribution in [2.75, 3.05) is 13.6 Å². The molecule has 1 amide bonds. The van der Waals surface area contributed by atoms with Crippen LogP contribution in [0, 0.1) is 6.92 Å². The predicted octanol–water partition coefficient (Wildman–Crippen LogP) is 1.79. The Kier molecular flexibility index (Phi) is 6.03. The fraction of sp³-hybridized carbons (Fsp3) is 0.692. The first-order valence-corrected chi connectivity index (χ1v) is 6.22. The molecule has 0 spiro atoms. The maximum atomic E-state index is 12.3. The molecule has 0 saturated carbocycles. The van der Waals surface area contributed by atoms with Gasteiger partial charge in [0.25, 0.3) is 5.91 Å². The van der Waals surface area contributed by atoms with Crippen molar-refractivity contribution in [3.8, 4) is 0 Å². The average Bonchev–Trinajstić information content (AvgIpc) is 2.67. The van der Waals surface area contributed by atoms with Gasteiger partial charge in [0.2, 0.25) is 0 Å². The molecular formula is C13H25ClN4O. The number of likely N-dealkylation sites (N-methyl/N-ethyl adjacent to an activating group) is 1. The van der Waals surface area contributed by atoms with Crippen LogP contribution in [0.25, 0.3) is 0 Å². The van der Waals surface area contributed by atoms with Crippen molar-refractivity contribution < 1.29 is 4.79 Å². The molecule has 0 radical (unpaired) electrons. The second-order valence-corrected chi connectivity index (χ2v) is 5.73. The maximum absolute atomic E-state index is 12.3. The normalized spacial score (nSPS) is 12.8. The van der Waals surface area contributed by atoms with Crippen LogP contribution in [-0.2, 0) is 5.54 Å². The number of halogens is 1. The van der Waals surface area contributed by atoms with Gasteiger partial charge in [-0.3, -0.25) is 9.48 Å². The van der Waals surface area contributed by atoms with E-state index in [0.717, 1.165) is 5.69 Å². The number of hydrogen-bond acceptors (Lipinski definition) is 3. The summed E-state index contributed by atoms with van der Waals surface area (Å²) in [6, 6.07) is 0.0230. The second kappa shape index (κ2) is 6.39. The van der Waals surface area contributed by atoms with Crippen molar-refractivity contribution in [1.29, 1.82) is 0 Å². The fourth-order valence-corrected chi connectivity index (χ4v) is 1.84. The molecule has 0 aliphatic heterocycles. The van der Waals surface area contributed by atoms with Crippen LogP contribution in [0.2, 0.25) is 0 Å². The zero-order valence-electron chi connectivity index (χ0n) is 12.6. The van der Waals surface area contributed by atoms with E-state index < -0.39 is 0 Å². The van der Waals surface area contributed by atoms with Crippen molar-refractivity contribution in [3.05, 3.63) is 17.5 Å². The molecular weight excluding hydrogens is 264 g/mol. The molecule has 1 heterocycles. The summed E-state index contributed by atoms with van der Waals surface area (Å²) in [5, 5.41) is 4.31. The molecule has 2 N–H and O–H groups in total. The summed E-state index contributed by atoms with van der Waals surface area (Å²) in [4.78, 5) is 14.0. The van der Waals surface area contributed by atoms with Crippen molar-refractivity contribution in [2.45, 2.75) is 46.2 Å². The van der Waals surface area contributed by atoms with Crippen molar-refractivity contribution >= 4 is 18.3 Å². The van der Waals surface area contributed by atoms with E-state index in [2.05, 4.69) is 25.9 Å². The highest BCUT2D eigenvalue weighted by Crippen LogP contribution is 2.19. The Hall–Kier alpha value is -1.07. The number of carbonyl (C=O) groups is 1. The minimum absolute atomic E-state index is 0. The van der Waals surface area contributed by atoms with Gasteiger partial charge in [0.15, 0.2) is 0 Å². The third kappa shape index (κ3) is 3.70. The van der Waals surface area contributed by atoms with Gasteiger partial charge in [0, 0.05) is 25.3 Å². The summed E-state index contributed by atoms with van der Waals surface area (Å²) in [6.07, 6.45) is 1.64. The number of nitrogens with two attached hydrogens (primary N) is 1. The Bertz CT molecular complexity index is 436. The lowest BCUT2D eigenvalue weighted by molar-refractivity contribution is 0.0747. The van der Waals surface area contributed by atoms with Gasteiger partial charge in [-0.15, -0.1) is 12.4 Å². The number of hydrogen-bond donors (Lipinski definition) is 1. The molecule has 1 aromatic rings. The minimum Gasteiger partial charge on any atom is -0.338 e. The van der Waals surface area contributed by atoms with Gasteiger partial charge in [0.05, 0.1) is 17.3 Å². The van der Waals surface area contributed by atoms with Crippen LogP contribution in [0.15, 0.2) is 6.20 Å². The number of aromatic nitrogens is 2. The lowest BCUT2D eigenvalue weighted by Gasteiger charge is -2.24. The highest BCUT2D eigenvalue weighted by molar-refractivity contribution is 5.95. The highest BCUT2D eigenvalue weighted by atomic mass is 35.5. The fourth-order valence-electron chi connectivity index (χ4n) is 1.84. The number of rotatable bonds is 3. The molecule has 1 aromatic heterocycles. The Balaban J connectivity index is 0.00000324. The third-order valence-electron chi connectivity index (χ3n) is 3.20. The molecule has 0 aliphatic rings. The Morgan fingerprint density at radius 2 is 2.05 bits per heavy atom. The van der Waals surface area contributed by atoms with Gasteiger partial charge in [-0.2, -0.15) is 5.10 Å².